The van der Waals surface area contributed by atoms with E-state index in [1.807, 2.05) is 68.5 Å². The van der Waals surface area contributed by atoms with E-state index in [4.69, 9.17) is 9.47 Å². The SMILES string of the molecule is CCOc1ccc(/C=C(/C#N)c2ccc3ccccc3c2)c(OCC)c1. The highest BCUT2D eigenvalue weighted by atomic mass is 16.5. The third kappa shape index (κ3) is 3.87. The average Bonchev–Trinajstić information content (AvgIpc) is 2.67. The van der Waals surface area contributed by atoms with E-state index in [0.717, 1.165) is 27.6 Å². The minimum Gasteiger partial charge on any atom is -0.494 e. The number of nitriles is 1. The molecule has 3 aromatic carbocycles. The largest absolute Gasteiger partial charge is 0.494 e. The summed E-state index contributed by atoms with van der Waals surface area (Å²) in [6, 6.07) is 22.2. The van der Waals surface area contributed by atoms with E-state index >= 15 is 0 Å². The van der Waals surface area contributed by atoms with Gasteiger partial charge in [-0.2, -0.15) is 5.26 Å². The van der Waals surface area contributed by atoms with Crippen molar-refractivity contribution in [3.8, 4) is 17.6 Å². The van der Waals surface area contributed by atoms with Gasteiger partial charge in [0.2, 0.25) is 0 Å². The van der Waals surface area contributed by atoms with Gasteiger partial charge in [0.05, 0.1) is 24.9 Å². The molecule has 3 heteroatoms. The van der Waals surface area contributed by atoms with Gasteiger partial charge in [-0.1, -0.05) is 36.4 Å². The van der Waals surface area contributed by atoms with Crippen molar-refractivity contribution in [1.29, 1.82) is 5.26 Å². The van der Waals surface area contributed by atoms with Crippen LogP contribution in [-0.2, 0) is 0 Å². The number of nitrogens with zero attached hydrogens (tertiary/aromatic N) is 1. The van der Waals surface area contributed by atoms with E-state index in [-0.39, 0.29) is 0 Å². The minimum atomic E-state index is 0.550. The first kappa shape index (κ1) is 17.6. The van der Waals surface area contributed by atoms with Gasteiger partial charge in [0.25, 0.3) is 0 Å². The molecule has 26 heavy (non-hydrogen) atoms. The summed E-state index contributed by atoms with van der Waals surface area (Å²) in [5.74, 6) is 1.48. The number of allylic oxidation sites excluding steroid dienone is 1. The van der Waals surface area contributed by atoms with Crippen molar-refractivity contribution in [2.75, 3.05) is 13.2 Å². The van der Waals surface area contributed by atoms with Gasteiger partial charge in [0.15, 0.2) is 0 Å². The Labute approximate surface area is 154 Å². The Morgan fingerprint density at radius 1 is 0.923 bits per heavy atom. The van der Waals surface area contributed by atoms with Crippen molar-refractivity contribution >= 4 is 22.4 Å². The molecule has 0 heterocycles. The summed E-state index contributed by atoms with van der Waals surface area (Å²) < 4.78 is 11.3. The second-order valence-corrected chi connectivity index (χ2v) is 5.80. The number of ether oxygens (including phenoxy) is 2. The van der Waals surface area contributed by atoms with Crippen molar-refractivity contribution in [3.05, 3.63) is 71.8 Å². The predicted octanol–water partition coefficient (Wildman–Crippen LogP) is 5.70. The second kappa shape index (κ2) is 8.22. The van der Waals surface area contributed by atoms with Gasteiger partial charge in [-0.15, -0.1) is 0 Å². The Balaban J connectivity index is 2.03. The van der Waals surface area contributed by atoms with Crippen molar-refractivity contribution in [1.82, 2.24) is 0 Å². The molecule has 0 saturated heterocycles. The van der Waals surface area contributed by atoms with Crippen LogP contribution in [0.2, 0.25) is 0 Å². The van der Waals surface area contributed by atoms with Crippen molar-refractivity contribution in [2.24, 2.45) is 0 Å². The van der Waals surface area contributed by atoms with E-state index < -0.39 is 0 Å². The average molecular weight is 343 g/mol. The summed E-state index contributed by atoms with van der Waals surface area (Å²) in [4.78, 5) is 0. The standard InChI is InChI=1S/C23H21NO2/c1-3-25-22-12-11-20(23(15-22)26-4-2)14-21(16-24)19-10-9-17-7-5-6-8-18(17)13-19/h5-15H,3-4H2,1-2H3/b21-14-. The van der Waals surface area contributed by atoms with Crippen LogP contribution in [0.1, 0.15) is 25.0 Å². The van der Waals surface area contributed by atoms with E-state index in [9.17, 15) is 5.26 Å². The van der Waals surface area contributed by atoms with Gasteiger partial charge >= 0.3 is 0 Å². The van der Waals surface area contributed by atoms with Crippen molar-refractivity contribution in [3.63, 3.8) is 0 Å². The molecule has 0 aliphatic rings. The number of hydrogen-bond donors (Lipinski definition) is 0. The monoisotopic (exact) mass is 343 g/mol. The Hall–Kier alpha value is -3.25. The lowest BCUT2D eigenvalue weighted by atomic mass is 10.00. The lowest BCUT2D eigenvalue weighted by Crippen LogP contribution is -1.97. The highest BCUT2D eigenvalue weighted by molar-refractivity contribution is 5.94. The van der Waals surface area contributed by atoms with Gasteiger partial charge in [0.1, 0.15) is 11.5 Å². The third-order valence-electron chi connectivity index (χ3n) is 4.08. The van der Waals surface area contributed by atoms with Crippen molar-refractivity contribution in [2.45, 2.75) is 13.8 Å². The minimum absolute atomic E-state index is 0.550. The fourth-order valence-corrected chi connectivity index (χ4v) is 2.86. The molecule has 0 fully saturated rings. The third-order valence-corrected chi connectivity index (χ3v) is 4.08. The summed E-state index contributed by atoms with van der Waals surface area (Å²) in [6.07, 6.45) is 1.87. The van der Waals surface area contributed by atoms with E-state index in [2.05, 4.69) is 18.2 Å². The molecule has 0 spiro atoms. The molecule has 0 atom stereocenters. The second-order valence-electron chi connectivity index (χ2n) is 5.80. The van der Waals surface area contributed by atoms with Crippen LogP contribution < -0.4 is 9.47 Å². The smallest absolute Gasteiger partial charge is 0.130 e. The normalized spacial score (nSPS) is 11.2. The number of hydrogen-bond acceptors (Lipinski definition) is 3. The highest BCUT2D eigenvalue weighted by Crippen LogP contribution is 2.30. The van der Waals surface area contributed by atoms with Crippen LogP contribution in [0.5, 0.6) is 11.5 Å². The molecule has 130 valence electrons. The van der Waals surface area contributed by atoms with Gasteiger partial charge < -0.3 is 9.47 Å². The van der Waals surface area contributed by atoms with E-state index in [1.165, 1.54) is 0 Å². The van der Waals surface area contributed by atoms with Crippen LogP contribution in [0.3, 0.4) is 0 Å². The Morgan fingerprint density at radius 2 is 1.69 bits per heavy atom. The fourth-order valence-electron chi connectivity index (χ4n) is 2.86. The molecule has 0 unspecified atom stereocenters. The topological polar surface area (TPSA) is 42.2 Å². The first-order valence-electron chi connectivity index (χ1n) is 8.75. The van der Waals surface area contributed by atoms with Crippen molar-refractivity contribution < 1.29 is 9.47 Å². The molecule has 0 aromatic heterocycles. The summed E-state index contributed by atoms with van der Waals surface area (Å²) in [5, 5.41) is 12.0. The molecule has 3 rings (SSSR count). The molecule has 0 radical (unpaired) electrons. The quantitative estimate of drug-likeness (QED) is 0.426. The zero-order valence-electron chi connectivity index (χ0n) is 15.0. The van der Waals surface area contributed by atoms with Crippen LogP contribution in [0.15, 0.2) is 60.7 Å². The molecule has 0 N–H and O–H groups in total. The van der Waals surface area contributed by atoms with Crippen LogP contribution in [0, 0.1) is 11.3 Å². The summed E-state index contributed by atoms with van der Waals surface area (Å²) >= 11 is 0. The van der Waals surface area contributed by atoms with Crippen LogP contribution in [0.25, 0.3) is 22.4 Å². The number of fused-ring (bicyclic) bond motifs is 1. The van der Waals surface area contributed by atoms with Gasteiger partial charge in [-0.3, -0.25) is 0 Å². The highest BCUT2D eigenvalue weighted by Gasteiger charge is 2.08. The Bertz CT molecular complexity index is 983. The number of rotatable bonds is 6. The molecule has 0 bridgehead atoms. The molecule has 3 nitrogen and oxygen atoms in total. The van der Waals surface area contributed by atoms with Gasteiger partial charge in [-0.05, 0) is 54.5 Å². The molecule has 0 aliphatic carbocycles. The lowest BCUT2D eigenvalue weighted by Gasteiger charge is -2.11. The maximum Gasteiger partial charge on any atom is 0.130 e. The van der Waals surface area contributed by atoms with Gasteiger partial charge in [0, 0.05) is 11.6 Å². The first-order chi connectivity index (χ1) is 12.7. The fraction of sp³-hybridized carbons (Fsp3) is 0.174. The van der Waals surface area contributed by atoms with E-state index in [1.54, 1.807) is 0 Å². The molecular weight excluding hydrogens is 322 g/mol. The lowest BCUT2D eigenvalue weighted by molar-refractivity contribution is 0.322. The molecular formula is C23H21NO2. The van der Waals surface area contributed by atoms with Gasteiger partial charge in [-0.25, -0.2) is 0 Å². The summed E-state index contributed by atoms with van der Waals surface area (Å²) in [7, 11) is 0. The maximum atomic E-state index is 9.69. The maximum absolute atomic E-state index is 9.69. The molecule has 3 aromatic rings. The van der Waals surface area contributed by atoms with Crippen LogP contribution in [0.4, 0.5) is 0 Å². The zero-order chi connectivity index (χ0) is 18.4. The van der Waals surface area contributed by atoms with E-state index in [0.29, 0.717) is 24.5 Å². The molecule has 0 saturated carbocycles. The molecule has 0 amide bonds. The Morgan fingerprint density at radius 3 is 2.42 bits per heavy atom. The summed E-state index contributed by atoms with van der Waals surface area (Å²) in [6.45, 7) is 5.03. The number of benzene rings is 3. The predicted molar refractivity (Wildman–Crippen MR) is 106 cm³/mol. The van der Waals surface area contributed by atoms with Crippen LogP contribution >= 0.6 is 0 Å². The Kier molecular flexibility index (Phi) is 5.56. The molecule has 0 aliphatic heterocycles. The summed E-state index contributed by atoms with van der Waals surface area (Å²) in [5.41, 5.74) is 2.35. The van der Waals surface area contributed by atoms with Crippen LogP contribution in [-0.4, -0.2) is 13.2 Å². The first-order valence-corrected chi connectivity index (χ1v) is 8.75. The zero-order valence-corrected chi connectivity index (χ0v) is 15.0.